The third-order valence-electron chi connectivity index (χ3n) is 13.4. The monoisotopic (exact) mass is 1440 g/mol. The van der Waals surface area contributed by atoms with Crippen LogP contribution in [0.5, 0.6) is 0 Å². The summed E-state index contributed by atoms with van der Waals surface area (Å²) in [6.45, 7) is 46.1. The van der Waals surface area contributed by atoms with Gasteiger partial charge in [0.15, 0.2) is 5.41 Å². The van der Waals surface area contributed by atoms with E-state index in [1.165, 1.54) is 6.42 Å². The number of hydrogen-bond acceptors (Lipinski definition) is 19. The zero-order chi connectivity index (χ0) is 76.0. The standard InChI is InChI=1S/C55H84O16.C5H6F6.C5H12.C3H8.C2H6O2S.C2H6O/c1-9-25-60-33-53(34-61-26-10-2,35-62-27-11-3)41-68-49(56)45-17-21-47(22-18-45)51(58)70-43-55(39-66-31-15-7,40-67-32-16-8)44-71-52(59)48-23-19-46(20-24-48)50(57)69-42-54(36-63-28-12-4,37-64-29-13-5)38-65-30-14-6;1-3(2,4(6,7)8)5(9,10)11;1-5(2,3)4;1-3-2;1-5(2,3)4;1-3-2/h9-16,45-48H,1-8,17-44H2;1-2H3;1-4H3;3H2,1-2H3;1-2H3;1-2H3. The third kappa shape index (κ3) is 50.3. The molecule has 0 radical (unpaired) electrons. The predicted octanol–water partition coefficient (Wildman–Crippen LogP) is 13.9. The van der Waals surface area contributed by atoms with E-state index in [2.05, 4.69) is 98.9 Å². The first-order valence-electron chi connectivity index (χ1n) is 32.6. The zero-order valence-corrected chi connectivity index (χ0v) is 61.8. The molecule has 0 atom stereocenters. The van der Waals surface area contributed by atoms with E-state index in [9.17, 15) is 53.9 Å². The number of hydrogen-bond donors (Lipinski definition) is 0. The van der Waals surface area contributed by atoms with Gasteiger partial charge in [-0.1, -0.05) is 96.6 Å². The highest BCUT2D eigenvalue weighted by molar-refractivity contribution is 7.89. The number of halogens is 6. The lowest BCUT2D eigenvalue weighted by atomic mass is 9.82. The van der Waals surface area contributed by atoms with Gasteiger partial charge in [-0.05, 0) is 70.6 Å². The highest BCUT2D eigenvalue weighted by Crippen LogP contribution is 2.49. The Hall–Kier alpha value is -5.03. The number of ether oxygens (including phenoxy) is 13. The first-order chi connectivity index (χ1) is 45.8. The molecule has 0 amide bonds. The Labute approximate surface area is 583 Å². The van der Waals surface area contributed by atoms with Gasteiger partial charge in [0.25, 0.3) is 0 Å². The second-order valence-electron chi connectivity index (χ2n) is 26.3. The summed E-state index contributed by atoms with van der Waals surface area (Å²) in [5, 5.41) is 0. The van der Waals surface area contributed by atoms with Crippen LogP contribution in [0.2, 0.25) is 0 Å². The highest BCUT2D eigenvalue weighted by atomic mass is 32.2. The molecule has 0 saturated heterocycles. The predicted molar refractivity (Wildman–Crippen MR) is 371 cm³/mol. The molecule has 2 aliphatic carbocycles. The molecule has 98 heavy (non-hydrogen) atoms. The van der Waals surface area contributed by atoms with E-state index < -0.39 is 79.5 Å². The van der Waals surface area contributed by atoms with Gasteiger partial charge in [-0.15, -0.1) is 52.6 Å². The van der Waals surface area contributed by atoms with Gasteiger partial charge < -0.3 is 61.6 Å². The summed E-state index contributed by atoms with van der Waals surface area (Å²) in [6.07, 6.45) is 9.42. The minimum absolute atomic E-state index is 0.000794. The smallest absolute Gasteiger partial charge is 0.402 e. The molecule has 0 aromatic carbocycles. The Balaban J connectivity index is -0.00000137. The van der Waals surface area contributed by atoms with Crippen LogP contribution in [0, 0.1) is 50.7 Å². The third-order valence-corrected chi connectivity index (χ3v) is 13.4. The summed E-state index contributed by atoms with van der Waals surface area (Å²) < 4.78 is 163. The molecule has 0 N–H and O–H groups in total. The van der Waals surface area contributed by atoms with Gasteiger partial charge >= 0.3 is 36.2 Å². The molecule has 0 aromatic rings. The summed E-state index contributed by atoms with van der Waals surface area (Å²) in [7, 11) is 0.583. The van der Waals surface area contributed by atoms with Gasteiger partial charge in [0.2, 0.25) is 0 Å². The van der Waals surface area contributed by atoms with Gasteiger partial charge in [-0.25, -0.2) is 8.42 Å². The lowest BCUT2D eigenvalue weighted by Crippen LogP contribution is -2.44. The molecule has 26 heteroatoms. The fourth-order valence-electron chi connectivity index (χ4n) is 8.28. The van der Waals surface area contributed by atoms with Gasteiger partial charge in [-0.3, -0.25) is 19.2 Å². The molecular formula is C72H122F6O19S. The van der Waals surface area contributed by atoms with Crippen LogP contribution < -0.4 is 0 Å². The number of esters is 4. The summed E-state index contributed by atoms with van der Waals surface area (Å²) in [4.78, 5) is 54.2. The quantitative estimate of drug-likeness (QED) is 0.0182. The zero-order valence-electron chi connectivity index (χ0n) is 61.0. The molecule has 0 unspecified atom stereocenters. The average molecular weight is 1440 g/mol. The van der Waals surface area contributed by atoms with Crippen LogP contribution in [-0.4, -0.2) is 204 Å². The summed E-state index contributed by atoms with van der Waals surface area (Å²) in [5.74, 6) is -3.37. The maximum Gasteiger partial charge on any atom is 0.402 e. The first-order valence-corrected chi connectivity index (χ1v) is 34.9. The minimum atomic E-state index is -5.24. The second-order valence-corrected chi connectivity index (χ2v) is 28.6. The molecule has 0 bridgehead atoms. The number of carbonyl (C=O) groups excluding carboxylic acids is 4. The molecule has 0 aromatic heterocycles. The molecule has 0 heterocycles. The Morgan fingerprint density at radius 2 is 0.480 bits per heavy atom. The van der Waals surface area contributed by atoms with Crippen molar-refractivity contribution in [3.8, 4) is 0 Å². The van der Waals surface area contributed by atoms with Crippen LogP contribution in [0.15, 0.2) is 101 Å². The molecule has 19 nitrogen and oxygen atoms in total. The minimum Gasteiger partial charge on any atom is -0.465 e. The van der Waals surface area contributed by atoms with Gasteiger partial charge in [0, 0.05) is 26.7 Å². The van der Waals surface area contributed by atoms with Crippen molar-refractivity contribution in [2.75, 3.05) is 159 Å². The topological polar surface area (TPSA) is 222 Å². The van der Waals surface area contributed by atoms with Crippen molar-refractivity contribution in [1.29, 1.82) is 0 Å². The van der Waals surface area contributed by atoms with Crippen molar-refractivity contribution in [1.82, 2.24) is 0 Å². The molecular weight excluding hydrogens is 1310 g/mol. The van der Waals surface area contributed by atoms with Crippen LogP contribution in [0.25, 0.3) is 0 Å². The van der Waals surface area contributed by atoms with E-state index in [-0.39, 0.29) is 118 Å². The van der Waals surface area contributed by atoms with E-state index in [0.717, 1.165) is 12.5 Å². The van der Waals surface area contributed by atoms with Crippen LogP contribution in [0.1, 0.15) is 113 Å². The van der Waals surface area contributed by atoms with E-state index in [1.54, 1.807) is 62.8 Å². The molecule has 0 spiro atoms. The van der Waals surface area contributed by atoms with Crippen LogP contribution in [-0.2, 0) is 90.6 Å². The maximum absolute atomic E-state index is 13.7. The van der Waals surface area contributed by atoms with Gasteiger partial charge in [0.05, 0.1) is 146 Å². The van der Waals surface area contributed by atoms with Crippen LogP contribution >= 0.6 is 0 Å². The lowest BCUT2D eigenvalue weighted by Gasteiger charge is -2.35. The van der Waals surface area contributed by atoms with Crippen LogP contribution in [0.3, 0.4) is 0 Å². The number of methoxy groups -OCH3 is 1. The Kier molecular flexibility index (Phi) is 56.4. The van der Waals surface area contributed by atoms with Gasteiger partial charge in [-0.2, -0.15) is 26.3 Å². The van der Waals surface area contributed by atoms with Crippen molar-refractivity contribution in [2.45, 2.75) is 126 Å². The van der Waals surface area contributed by atoms with E-state index in [4.69, 9.17) is 56.8 Å². The van der Waals surface area contributed by atoms with E-state index in [0.29, 0.717) is 96.4 Å². The van der Waals surface area contributed by atoms with Crippen molar-refractivity contribution < 1.29 is 116 Å². The molecule has 2 rings (SSSR count). The van der Waals surface area contributed by atoms with Crippen molar-refractivity contribution >= 4 is 33.7 Å². The molecule has 572 valence electrons. The number of rotatable bonds is 44. The lowest BCUT2D eigenvalue weighted by molar-refractivity contribution is -0.327. The Morgan fingerprint density at radius 1 is 0.357 bits per heavy atom. The highest BCUT2D eigenvalue weighted by Gasteiger charge is 2.64. The fourth-order valence-corrected chi connectivity index (χ4v) is 8.28. The van der Waals surface area contributed by atoms with E-state index >= 15 is 0 Å². The summed E-state index contributed by atoms with van der Waals surface area (Å²) in [6, 6.07) is 0. The summed E-state index contributed by atoms with van der Waals surface area (Å²) in [5.41, 5.74) is -5.76. The fraction of sp³-hybridized carbons (Fsp3) is 0.722. The Bertz CT molecular complexity index is 2100. The van der Waals surface area contributed by atoms with Crippen molar-refractivity contribution in [3.05, 3.63) is 101 Å². The number of alkyl halides is 6. The van der Waals surface area contributed by atoms with Gasteiger partial charge in [0.1, 0.15) is 36.3 Å². The average Bonchev–Trinajstić information content (AvgIpc) is 0.802. The van der Waals surface area contributed by atoms with Crippen molar-refractivity contribution in [2.24, 2.45) is 50.7 Å². The number of sulfone groups is 1. The van der Waals surface area contributed by atoms with E-state index in [1.807, 2.05) is 0 Å². The SMILES string of the molecule is C=CCOCC(COCC=C)(COCC=C)COC(=O)C1CCC(C(=O)OCC(COCC=C)(COCC=C)COC(=O)C2CCC(C(=O)OCC(COCC=C)(COCC=C)COCC=C)CC2)CC1.CC(C)(C(F)(F)F)C(F)(F)F.CC(C)(C)C.CCC.COC.CS(C)(=O)=O. The first kappa shape index (κ1) is 99.3. The molecule has 0 aliphatic heterocycles. The molecule has 2 fully saturated rings. The molecule has 2 saturated carbocycles. The number of carbonyl (C=O) groups is 4. The molecule has 2 aliphatic rings. The van der Waals surface area contributed by atoms with Crippen LogP contribution in [0.4, 0.5) is 26.3 Å². The Morgan fingerprint density at radius 3 is 0.582 bits per heavy atom. The normalized spacial score (nSPS) is 16.5. The largest absolute Gasteiger partial charge is 0.465 e. The maximum atomic E-state index is 13.7. The van der Waals surface area contributed by atoms with Crippen molar-refractivity contribution in [3.63, 3.8) is 0 Å². The second kappa shape index (κ2) is 55.6. The summed E-state index contributed by atoms with van der Waals surface area (Å²) >= 11 is 0.